The fourth-order valence-corrected chi connectivity index (χ4v) is 4.54. The number of benzene rings is 3. The quantitative estimate of drug-likeness (QED) is 0.488. The van der Waals surface area contributed by atoms with E-state index in [2.05, 4.69) is 4.72 Å². The molecule has 1 aliphatic rings. The topological polar surface area (TPSA) is 75.7 Å². The summed E-state index contributed by atoms with van der Waals surface area (Å²) in [6, 6.07) is 18.8. The molecule has 0 saturated heterocycles. The number of halogens is 1. The van der Waals surface area contributed by atoms with E-state index in [1.54, 1.807) is 41.3 Å². The second-order valence-electron chi connectivity index (χ2n) is 7.88. The number of hydrogen-bond acceptors (Lipinski definition) is 4. The van der Waals surface area contributed by atoms with Gasteiger partial charge in [-0.25, -0.2) is 12.8 Å². The molecule has 4 rings (SSSR count). The highest BCUT2D eigenvalue weighted by atomic mass is 32.2. The predicted molar refractivity (Wildman–Crippen MR) is 124 cm³/mol. The Balaban J connectivity index is 1.46. The minimum atomic E-state index is -3.81. The Hall–Kier alpha value is -3.39. The van der Waals surface area contributed by atoms with Crippen LogP contribution in [0.4, 0.5) is 10.1 Å². The standard InChI is InChI=1S/C25H25FN2O4S/c1-2-32-23-13-9-21(10-14-23)27-33(30,31)24-15-5-19(6-16-24)25(29)28(22-11-12-22)17-18-3-7-20(26)8-4-18/h3-10,13-16,22,27H,2,11-12,17H2,1H3. The van der Waals surface area contributed by atoms with Crippen LogP contribution < -0.4 is 9.46 Å². The van der Waals surface area contributed by atoms with Crippen LogP contribution in [0.15, 0.2) is 77.7 Å². The number of amides is 1. The normalized spacial score (nSPS) is 13.4. The molecule has 0 heterocycles. The van der Waals surface area contributed by atoms with E-state index in [1.807, 2.05) is 6.92 Å². The number of carbonyl (C=O) groups excluding carboxylic acids is 1. The summed E-state index contributed by atoms with van der Waals surface area (Å²) in [5.41, 5.74) is 1.66. The first-order valence-electron chi connectivity index (χ1n) is 10.8. The fourth-order valence-electron chi connectivity index (χ4n) is 3.48. The maximum Gasteiger partial charge on any atom is 0.261 e. The maximum atomic E-state index is 13.2. The predicted octanol–water partition coefficient (Wildman–Crippen LogP) is 4.83. The van der Waals surface area contributed by atoms with Gasteiger partial charge in [-0.15, -0.1) is 0 Å². The monoisotopic (exact) mass is 468 g/mol. The Morgan fingerprint density at radius 2 is 1.64 bits per heavy atom. The van der Waals surface area contributed by atoms with Gasteiger partial charge in [0.25, 0.3) is 15.9 Å². The Morgan fingerprint density at radius 1 is 1.00 bits per heavy atom. The number of carbonyl (C=O) groups is 1. The molecule has 0 spiro atoms. The lowest BCUT2D eigenvalue weighted by Crippen LogP contribution is -2.32. The van der Waals surface area contributed by atoms with Crippen molar-refractivity contribution in [1.29, 1.82) is 0 Å². The molecule has 3 aromatic rings. The summed E-state index contributed by atoms with van der Waals surface area (Å²) in [5, 5.41) is 0. The van der Waals surface area contributed by atoms with Crippen LogP contribution in [0.2, 0.25) is 0 Å². The molecule has 0 unspecified atom stereocenters. The van der Waals surface area contributed by atoms with Crippen LogP contribution in [-0.2, 0) is 16.6 Å². The zero-order valence-electron chi connectivity index (χ0n) is 18.2. The summed E-state index contributed by atoms with van der Waals surface area (Å²) in [6.45, 7) is 2.78. The van der Waals surface area contributed by atoms with E-state index >= 15 is 0 Å². The van der Waals surface area contributed by atoms with Crippen LogP contribution in [0.5, 0.6) is 5.75 Å². The van der Waals surface area contributed by atoms with E-state index < -0.39 is 10.0 Å². The summed E-state index contributed by atoms with van der Waals surface area (Å²) in [5.74, 6) is 0.160. The van der Waals surface area contributed by atoms with Gasteiger partial charge in [-0.05, 0) is 86.0 Å². The Bertz CT molecular complexity index is 1210. The molecule has 1 aliphatic carbocycles. The van der Waals surface area contributed by atoms with Gasteiger partial charge >= 0.3 is 0 Å². The van der Waals surface area contributed by atoms with Crippen molar-refractivity contribution in [2.75, 3.05) is 11.3 Å². The summed E-state index contributed by atoms with van der Waals surface area (Å²) < 4.78 is 46.6. The number of sulfonamides is 1. The summed E-state index contributed by atoms with van der Waals surface area (Å²) in [6.07, 6.45) is 1.84. The number of rotatable bonds is 9. The SMILES string of the molecule is CCOc1ccc(NS(=O)(=O)c2ccc(C(=O)N(Cc3ccc(F)cc3)C3CC3)cc2)cc1. The maximum absolute atomic E-state index is 13.2. The first-order chi connectivity index (χ1) is 15.9. The molecule has 0 aromatic heterocycles. The average Bonchev–Trinajstić information content (AvgIpc) is 3.65. The van der Waals surface area contributed by atoms with E-state index in [-0.39, 0.29) is 22.7 Å². The molecule has 33 heavy (non-hydrogen) atoms. The number of hydrogen-bond donors (Lipinski definition) is 1. The van der Waals surface area contributed by atoms with Crippen molar-refractivity contribution in [3.05, 3.63) is 89.7 Å². The van der Waals surface area contributed by atoms with Gasteiger partial charge in [-0.3, -0.25) is 9.52 Å². The number of nitrogens with zero attached hydrogens (tertiary/aromatic N) is 1. The molecule has 8 heteroatoms. The van der Waals surface area contributed by atoms with Crippen molar-refractivity contribution >= 4 is 21.6 Å². The summed E-state index contributed by atoms with van der Waals surface area (Å²) >= 11 is 0. The molecule has 1 fully saturated rings. The summed E-state index contributed by atoms with van der Waals surface area (Å²) in [7, 11) is -3.81. The molecule has 1 saturated carbocycles. The number of nitrogens with one attached hydrogen (secondary N) is 1. The van der Waals surface area contributed by atoms with E-state index in [1.165, 1.54) is 36.4 Å². The lowest BCUT2D eigenvalue weighted by atomic mass is 10.1. The van der Waals surface area contributed by atoms with Crippen molar-refractivity contribution in [3.63, 3.8) is 0 Å². The van der Waals surface area contributed by atoms with Gasteiger partial charge in [0.2, 0.25) is 0 Å². The minimum Gasteiger partial charge on any atom is -0.494 e. The van der Waals surface area contributed by atoms with Crippen LogP contribution >= 0.6 is 0 Å². The summed E-state index contributed by atoms with van der Waals surface area (Å²) in [4.78, 5) is 14.9. The lowest BCUT2D eigenvalue weighted by Gasteiger charge is -2.23. The zero-order valence-corrected chi connectivity index (χ0v) is 19.0. The molecule has 172 valence electrons. The van der Waals surface area contributed by atoms with Gasteiger partial charge in [0.1, 0.15) is 11.6 Å². The molecule has 1 N–H and O–H groups in total. The highest BCUT2D eigenvalue weighted by Crippen LogP contribution is 2.30. The van der Waals surface area contributed by atoms with Crippen molar-refractivity contribution in [2.45, 2.75) is 37.2 Å². The Morgan fingerprint density at radius 3 is 2.21 bits per heavy atom. The van der Waals surface area contributed by atoms with Crippen molar-refractivity contribution in [2.24, 2.45) is 0 Å². The molecule has 0 aliphatic heterocycles. The third-order valence-electron chi connectivity index (χ3n) is 5.34. The molecular weight excluding hydrogens is 443 g/mol. The van der Waals surface area contributed by atoms with Crippen LogP contribution in [-0.4, -0.2) is 31.9 Å². The van der Waals surface area contributed by atoms with E-state index in [0.717, 1.165) is 18.4 Å². The van der Waals surface area contributed by atoms with Crippen LogP contribution in [0.25, 0.3) is 0 Å². The van der Waals surface area contributed by atoms with Crippen LogP contribution in [0.1, 0.15) is 35.7 Å². The van der Waals surface area contributed by atoms with Gasteiger partial charge in [-0.1, -0.05) is 12.1 Å². The second-order valence-corrected chi connectivity index (χ2v) is 9.56. The molecule has 6 nitrogen and oxygen atoms in total. The third-order valence-corrected chi connectivity index (χ3v) is 6.74. The van der Waals surface area contributed by atoms with Crippen molar-refractivity contribution in [3.8, 4) is 5.75 Å². The lowest BCUT2D eigenvalue weighted by molar-refractivity contribution is 0.0730. The molecular formula is C25H25FN2O4S. The Labute approximate surface area is 193 Å². The third kappa shape index (κ3) is 5.70. The van der Waals surface area contributed by atoms with Gasteiger partial charge in [0.05, 0.1) is 11.5 Å². The first-order valence-corrected chi connectivity index (χ1v) is 12.2. The first kappa shape index (κ1) is 22.8. The van der Waals surface area contributed by atoms with E-state index in [9.17, 15) is 17.6 Å². The number of anilines is 1. The smallest absolute Gasteiger partial charge is 0.261 e. The zero-order chi connectivity index (χ0) is 23.4. The molecule has 0 atom stereocenters. The average molecular weight is 469 g/mol. The van der Waals surface area contributed by atoms with Gasteiger partial charge in [-0.2, -0.15) is 0 Å². The van der Waals surface area contributed by atoms with Gasteiger partial charge in [0.15, 0.2) is 0 Å². The van der Waals surface area contributed by atoms with Crippen molar-refractivity contribution < 1.29 is 22.3 Å². The second kappa shape index (κ2) is 9.62. The fraction of sp³-hybridized carbons (Fsp3) is 0.240. The van der Waals surface area contributed by atoms with Gasteiger partial charge in [0, 0.05) is 23.8 Å². The van der Waals surface area contributed by atoms with Gasteiger partial charge < -0.3 is 9.64 Å². The van der Waals surface area contributed by atoms with E-state index in [0.29, 0.717) is 30.2 Å². The highest BCUT2D eigenvalue weighted by molar-refractivity contribution is 7.92. The van der Waals surface area contributed by atoms with E-state index in [4.69, 9.17) is 4.74 Å². The molecule has 0 bridgehead atoms. The number of ether oxygens (including phenoxy) is 1. The van der Waals surface area contributed by atoms with Crippen LogP contribution in [0.3, 0.4) is 0 Å². The minimum absolute atomic E-state index is 0.0597. The molecule has 0 radical (unpaired) electrons. The Kier molecular flexibility index (Phi) is 6.65. The largest absolute Gasteiger partial charge is 0.494 e. The molecule has 3 aromatic carbocycles. The van der Waals surface area contributed by atoms with Crippen molar-refractivity contribution in [1.82, 2.24) is 4.90 Å². The van der Waals surface area contributed by atoms with Crippen LogP contribution in [0, 0.1) is 5.82 Å². The molecule has 1 amide bonds. The highest BCUT2D eigenvalue weighted by Gasteiger charge is 2.33.